The third kappa shape index (κ3) is 6.33. The summed E-state index contributed by atoms with van der Waals surface area (Å²) in [6, 6.07) is 48.4. The first-order chi connectivity index (χ1) is 18.3. The van der Waals surface area contributed by atoms with E-state index in [0.29, 0.717) is 0 Å². The predicted molar refractivity (Wildman–Crippen MR) is 157 cm³/mol. The van der Waals surface area contributed by atoms with Crippen molar-refractivity contribution in [3.05, 3.63) is 162 Å². The molecule has 0 heterocycles. The maximum absolute atomic E-state index is 4.88. The zero-order chi connectivity index (χ0) is 25.3. The third-order valence-electron chi connectivity index (χ3n) is 6.32. The van der Waals surface area contributed by atoms with Gasteiger partial charge in [-0.3, -0.25) is 0 Å². The summed E-state index contributed by atoms with van der Waals surface area (Å²) < 4.78 is 0. The van der Waals surface area contributed by atoms with Crippen molar-refractivity contribution in [1.29, 1.82) is 0 Å². The van der Waals surface area contributed by atoms with Crippen molar-refractivity contribution < 1.29 is 0 Å². The molecule has 0 unspecified atom stereocenters. The molecule has 0 bridgehead atoms. The molecule has 0 aliphatic heterocycles. The van der Waals surface area contributed by atoms with Gasteiger partial charge in [-0.2, -0.15) is 5.10 Å². The standard InChI is InChI=1S/C34H31N3/c1-28-24-31(25-35-37(32-18-10-4-11-19-32)33-20-12-5-13-21-33)22-23-34(28)36(26-29-14-6-2-7-15-29)27-30-16-8-3-9-17-30/h2-25H,26-27H2,1H3. The van der Waals surface area contributed by atoms with E-state index in [1.807, 2.05) is 47.6 Å². The summed E-state index contributed by atoms with van der Waals surface area (Å²) in [6.07, 6.45) is 1.94. The highest BCUT2D eigenvalue weighted by molar-refractivity contribution is 5.83. The summed E-state index contributed by atoms with van der Waals surface area (Å²) >= 11 is 0. The summed E-state index contributed by atoms with van der Waals surface area (Å²) in [7, 11) is 0. The summed E-state index contributed by atoms with van der Waals surface area (Å²) in [4.78, 5) is 2.45. The molecular weight excluding hydrogens is 450 g/mol. The van der Waals surface area contributed by atoms with Crippen molar-refractivity contribution in [1.82, 2.24) is 0 Å². The average Bonchev–Trinajstić information content (AvgIpc) is 2.95. The number of hydrogen-bond acceptors (Lipinski definition) is 3. The Bertz CT molecular complexity index is 1330. The first-order valence-electron chi connectivity index (χ1n) is 12.6. The lowest BCUT2D eigenvalue weighted by atomic mass is 10.1. The Hall–Kier alpha value is -4.63. The molecule has 0 saturated carbocycles. The maximum atomic E-state index is 4.88. The second kappa shape index (κ2) is 11.9. The van der Waals surface area contributed by atoms with E-state index in [9.17, 15) is 0 Å². The number of aryl methyl sites for hydroxylation is 1. The van der Waals surface area contributed by atoms with E-state index in [1.54, 1.807) is 0 Å². The predicted octanol–water partition coefficient (Wildman–Crippen LogP) is 8.37. The van der Waals surface area contributed by atoms with Crippen LogP contribution < -0.4 is 9.91 Å². The maximum Gasteiger partial charge on any atom is 0.0652 e. The molecule has 0 fully saturated rings. The Morgan fingerprint density at radius 1 is 0.568 bits per heavy atom. The van der Waals surface area contributed by atoms with E-state index in [4.69, 9.17) is 5.10 Å². The van der Waals surface area contributed by atoms with Crippen LogP contribution in [0.3, 0.4) is 0 Å². The lowest BCUT2D eigenvalue weighted by Crippen LogP contribution is -2.23. The van der Waals surface area contributed by atoms with Gasteiger partial charge >= 0.3 is 0 Å². The zero-order valence-corrected chi connectivity index (χ0v) is 21.1. The quantitative estimate of drug-likeness (QED) is 0.156. The van der Waals surface area contributed by atoms with Crippen molar-refractivity contribution in [2.24, 2.45) is 5.10 Å². The smallest absolute Gasteiger partial charge is 0.0652 e. The monoisotopic (exact) mass is 481 g/mol. The van der Waals surface area contributed by atoms with Crippen molar-refractivity contribution in [2.75, 3.05) is 9.91 Å². The van der Waals surface area contributed by atoms with Gasteiger partial charge in [0, 0.05) is 18.8 Å². The van der Waals surface area contributed by atoms with Gasteiger partial charge in [0.1, 0.15) is 0 Å². The van der Waals surface area contributed by atoms with E-state index < -0.39 is 0 Å². The van der Waals surface area contributed by atoms with Crippen LogP contribution in [0.5, 0.6) is 0 Å². The van der Waals surface area contributed by atoms with Crippen molar-refractivity contribution in [3.63, 3.8) is 0 Å². The highest BCUT2D eigenvalue weighted by atomic mass is 15.5. The van der Waals surface area contributed by atoms with E-state index in [-0.39, 0.29) is 0 Å². The van der Waals surface area contributed by atoms with Crippen molar-refractivity contribution in [3.8, 4) is 0 Å². The number of hydrazone groups is 1. The fraction of sp³-hybridized carbons (Fsp3) is 0.0882. The number of anilines is 3. The van der Waals surface area contributed by atoms with Gasteiger partial charge in [-0.15, -0.1) is 0 Å². The van der Waals surface area contributed by atoms with Gasteiger partial charge in [0.25, 0.3) is 0 Å². The summed E-state index contributed by atoms with van der Waals surface area (Å²) in [5, 5.41) is 6.85. The van der Waals surface area contributed by atoms with Gasteiger partial charge in [0.05, 0.1) is 17.6 Å². The molecule has 0 atom stereocenters. The van der Waals surface area contributed by atoms with Gasteiger partial charge in [0.15, 0.2) is 0 Å². The van der Waals surface area contributed by atoms with Gasteiger partial charge in [-0.1, -0.05) is 103 Å². The van der Waals surface area contributed by atoms with Gasteiger partial charge in [-0.25, -0.2) is 5.01 Å². The van der Waals surface area contributed by atoms with Crippen LogP contribution in [0.25, 0.3) is 0 Å². The highest BCUT2D eigenvalue weighted by Crippen LogP contribution is 2.27. The Labute approximate surface area is 220 Å². The Morgan fingerprint density at radius 3 is 1.49 bits per heavy atom. The molecule has 0 amide bonds. The average molecular weight is 482 g/mol. The Balaban J connectivity index is 1.42. The molecule has 0 N–H and O–H groups in total. The van der Waals surface area contributed by atoms with Crippen LogP contribution in [0.2, 0.25) is 0 Å². The molecule has 0 aliphatic carbocycles. The fourth-order valence-electron chi connectivity index (χ4n) is 4.49. The molecule has 5 aromatic rings. The largest absolute Gasteiger partial charge is 0.363 e. The summed E-state index contributed by atoms with van der Waals surface area (Å²) in [5.41, 5.74) is 8.16. The van der Waals surface area contributed by atoms with E-state index in [0.717, 1.165) is 30.0 Å². The van der Waals surface area contributed by atoms with Crippen LogP contribution in [0, 0.1) is 6.92 Å². The van der Waals surface area contributed by atoms with Crippen molar-refractivity contribution >= 4 is 23.3 Å². The molecule has 3 nitrogen and oxygen atoms in total. The zero-order valence-electron chi connectivity index (χ0n) is 21.1. The number of nitrogens with zero attached hydrogens (tertiary/aromatic N) is 3. The first-order valence-corrected chi connectivity index (χ1v) is 12.6. The Kier molecular flexibility index (Phi) is 7.73. The van der Waals surface area contributed by atoms with Crippen LogP contribution >= 0.6 is 0 Å². The molecular formula is C34H31N3. The number of benzene rings is 5. The molecule has 0 radical (unpaired) electrons. The summed E-state index contributed by atoms with van der Waals surface area (Å²) in [5.74, 6) is 0. The van der Waals surface area contributed by atoms with Crippen LogP contribution in [-0.2, 0) is 13.1 Å². The molecule has 0 aromatic heterocycles. The minimum absolute atomic E-state index is 0.847. The second-order valence-corrected chi connectivity index (χ2v) is 9.10. The molecule has 182 valence electrons. The van der Waals surface area contributed by atoms with E-state index in [2.05, 4.69) is 115 Å². The number of para-hydroxylation sites is 2. The normalized spacial score (nSPS) is 10.9. The molecule has 3 heteroatoms. The van der Waals surface area contributed by atoms with Gasteiger partial charge < -0.3 is 4.90 Å². The first kappa shape index (κ1) is 24.1. The van der Waals surface area contributed by atoms with Crippen LogP contribution in [0.1, 0.15) is 22.3 Å². The second-order valence-electron chi connectivity index (χ2n) is 9.10. The minimum Gasteiger partial charge on any atom is -0.363 e. The minimum atomic E-state index is 0.847. The van der Waals surface area contributed by atoms with Crippen LogP contribution in [0.15, 0.2) is 145 Å². The number of hydrogen-bond donors (Lipinski definition) is 0. The molecule has 5 aromatic carbocycles. The number of rotatable bonds is 9. The SMILES string of the molecule is Cc1cc(C=NN(c2ccccc2)c2ccccc2)ccc1N(Cc1ccccc1)Cc1ccccc1. The molecule has 0 aliphatic rings. The van der Waals surface area contributed by atoms with Gasteiger partial charge in [-0.05, 0) is 65.6 Å². The van der Waals surface area contributed by atoms with E-state index >= 15 is 0 Å². The lowest BCUT2D eigenvalue weighted by molar-refractivity contribution is 0.796. The van der Waals surface area contributed by atoms with Crippen LogP contribution in [0.4, 0.5) is 17.1 Å². The van der Waals surface area contributed by atoms with Gasteiger partial charge in [0.2, 0.25) is 0 Å². The van der Waals surface area contributed by atoms with E-state index in [1.165, 1.54) is 22.4 Å². The lowest BCUT2D eigenvalue weighted by Gasteiger charge is -2.27. The highest BCUT2D eigenvalue weighted by Gasteiger charge is 2.12. The third-order valence-corrected chi connectivity index (χ3v) is 6.32. The molecule has 37 heavy (non-hydrogen) atoms. The molecule has 0 saturated heterocycles. The van der Waals surface area contributed by atoms with Crippen molar-refractivity contribution in [2.45, 2.75) is 20.0 Å². The molecule has 0 spiro atoms. The molecule has 5 rings (SSSR count). The summed E-state index contributed by atoms with van der Waals surface area (Å²) in [6.45, 7) is 3.88. The Morgan fingerprint density at radius 2 is 1.03 bits per heavy atom. The van der Waals surface area contributed by atoms with Crippen LogP contribution in [-0.4, -0.2) is 6.21 Å². The fourth-order valence-corrected chi connectivity index (χ4v) is 4.49. The topological polar surface area (TPSA) is 18.8 Å².